The smallest absolute Gasteiger partial charge is 0.326 e. The monoisotopic (exact) mass is 389 g/mol. The number of aromatic nitrogens is 1. The molecule has 2 unspecified atom stereocenters. The van der Waals surface area contributed by atoms with Crippen molar-refractivity contribution in [3.63, 3.8) is 0 Å². The molecule has 150 valence electrons. The summed E-state index contributed by atoms with van der Waals surface area (Å²) in [6.45, 7) is -0.430. The van der Waals surface area contributed by atoms with E-state index in [1.165, 1.54) is 0 Å². The van der Waals surface area contributed by atoms with E-state index >= 15 is 0 Å². The molecule has 2 atom stereocenters. The fraction of sp³-hybridized carbons (Fsp3) is 0.333. The molecule has 0 aliphatic carbocycles. The summed E-state index contributed by atoms with van der Waals surface area (Å²) in [5.41, 5.74) is 12.2. The minimum Gasteiger partial charge on any atom is -0.480 e. The molecule has 0 bridgehead atoms. The van der Waals surface area contributed by atoms with E-state index in [4.69, 9.17) is 11.5 Å². The quantitative estimate of drug-likeness (QED) is 0.303. The Morgan fingerprint density at radius 3 is 2.57 bits per heavy atom. The normalized spacial score (nSPS) is 12.9. The first-order valence-corrected chi connectivity index (χ1v) is 8.66. The van der Waals surface area contributed by atoms with Crippen molar-refractivity contribution in [1.82, 2.24) is 15.6 Å². The van der Waals surface area contributed by atoms with Crippen molar-refractivity contribution in [3.8, 4) is 0 Å². The van der Waals surface area contributed by atoms with E-state index in [9.17, 15) is 24.3 Å². The Hall–Kier alpha value is -3.40. The summed E-state index contributed by atoms with van der Waals surface area (Å²) in [6.07, 6.45) is 1.79. The molecule has 10 heteroatoms. The number of hydrogen-bond donors (Lipinski definition) is 6. The van der Waals surface area contributed by atoms with Crippen molar-refractivity contribution in [1.29, 1.82) is 0 Å². The van der Waals surface area contributed by atoms with E-state index in [1.54, 1.807) is 6.20 Å². The van der Waals surface area contributed by atoms with Gasteiger partial charge in [0.1, 0.15) is 6.04 Å². The Labute approximate surface area is 160 Å². The lowest BCUT2D eigenvalue weighted by Crippen LogP contribution is -2.49. The van der Waals surface area contributed by atoms with Crippen LogP contribution in [0.5, 0.6) is 0 Å². The van der Waals surface area contributed by atoms with Gasteiger partial charge in [-0.05, 0) is 18.1 Å². The van der Waals surface area contributed by atoms with Crippen molar-refractivity contribution in [2.45, 2.75) is 31.3 Å². The van der Waals surface area contributed by atoms with E-state index in [0.29, 0.717) is 0 Å². The van der Waals surface area contributed by atoms with Crippen LogP contribution in [0.1, 0.15) is 18.4 Å². The number of nitrogens with two attached hydrogens (primary N) is 2. The molecule has 0 saturated heterocycles. The fourth-order valence-electron chi connectivity index (χ4n) is 2.69. The summed E-state index contributed by atoms with van der Waals surface area (Å²) < 4.78 is 0. The molecule has 0 aliphatic heterocycles. The number of amides is 3. The van der Waals surface area contributed by atoms with Gasteiger partial charge in [0, 0.05) is 29.9 Å². The van der Waals surface area contributed by atoms with Crippen LogP contribution in [0.2, 0.25) is 0 Å². The molecule has 1 heterocycles. The minimum atomic E-state index is -1.19. The summed E-state index contributed by atoms with van der Waals surface area (Å²) in [7, 11) is 0. The van der Waals surface area contributed by atoms with Crippen LogP contribution >= 0.6 is 0 Å². The van der Waals surface area contributed by atoms with Gasteiger partial charge in [-0.1, -0.05) is 18.2 Å². The number of carbonyl (C=O) groups is 4. The number of nitrogens with one attached hydrogen (secondary N) is 3. The zero-order chi connectivity index (χ0) is 20.7. The molecule has 28 heavy (non-hydrogen) atoms. The van der Waals surface area contributed by atoms with Gasteiger partial charge in [-0.2, -0.15) is 0 Å². The summed E-state index contributed by atoms with van der Waals surface area (Å²) in [6, 6.07) is 5.27. The minimum absolute atomic E-state index is 0.0491. The fourth-order valence-corrected chi connectivity index (χ4v) is 2.69. The Bertz CT molecular complexity index is 878. The summed E-state index contributed by atoms with van der Waals surface area (Å²) in [5, 5.41) is 15.0. The van der Waals surface area contributed by atoms with Crippen molar-refractivity contribution in [2.75, 3.05) is 6.54 Å². The molecule has 0 fully saturated rings. The van der Waals surface area contributed by atoms with Crippen molar-refractivity contribution < 1.29 is 24.3 Å². The average molecular weight is 389 g/mol. The van der Waals surface area contributed by atoms with E-state index in [0.717, 1.165) is 16.5 Å². The van der Waals surface area contributed by atoms with E-state index < -0.39 is 42.3 Å². The highest BCUT2D eigenvalue weighted by Gasteiger charge is 2.22. The highest BCUT2D eigenvalue weighted by molar-refractivity contribution is 5.90. The number of benzene rings is 1. The first kappa shape index (κ1) is 20.9. The zero-order valence-electron chi connectivity index (χ0n) is 15.1. The molecule has 0 spiro atoms. The third-order valence-corrected chi connectivity index (χ3v) is 4.19. The van der Waals surface area contributed by atoms with Crippen LogP contribution in [0.15, 0.2) is 30.5 Å². The highest BCUT2D eigenvalue weighted by atomic mass is 16.4. The van der Waals surface area contributed by atoms with Gasteiger partial charge in [0.05, 0.1) is 12.6 Å². The molecule has 3 amide bonds. The molecular formula is C18H23N5O5. The number of carboxylic acid groups (broad SMARTS) is 1. The third-order valence-electron chi connectivity index (χ3n) is 4.19. The number of para-hydroxylation sites is 1. The van der Waals surface area contributed by atoms with Gasteiger partial charge in [0.2, 0.25) is 17.7 Å². The predicted molar refractivity (Wildman–Crippen MR) is 101 cm³/mol. The molecule has 0 saturated carbocycles. The number of carboxylic acids is 1. The van der Waals surface area contributed by atoms with Crippen LogP contribution < -0.4 is 22.1 Å². The van der Waals surface area contributed by atoms with Crippen LogP contribution in [-0.4, -0.2) is 52.4 Å². The molecular weight excluding hydrogens is 366 g/mol. The second kappa shape index (κ2) is 9.51. The van der Waals surface area contributed by atoms with Gasteiger partial charge in [-0.25, -0.2) is 4.79 Å². The van der Waals surface area contributed by atoms with Gasteiger partial charge >= 0.3 is 5.97 Å². The molecule has 1 aromatic heterocycles. The number of aromatic amines is 1. The zero-order valence-corrected chi connectivity index (χ0v) is 15.1. The number of fused-ring (bicyclic) bond motifs is 1. The van der Waals surface area contributed by atoms with Crippen LogP contribution in [0.4, 0.5) is 0 Å². The lowest BCUT2D eigenvalue weighted by atomic mass is 10.0. The molecule has 8 N–H and O–H groups in total. The van der Waals surface area contributed by atoms with Crippen LogP contribution in [0.25, 0.3) is 10.9 Å². The number of carbonyl (C=O) groups excluding carboxylic acids is 3. The number of aliphatic carboxylic acids is 1. The summed E-state index contributed by atoms with van der Waals surface area (Å²) in [5.74, 6) is -3.06. The standard InChI is InChI=1S/C18H23N5O5/c19-12(5-6-15(20)24)17(26)22-9-16(25)23-14(18(27)28)7-10-8-21-13-4-2-1-3-11(10)13/h1-4,8,12,14,21H,5-7,9,19H2,(H2,20,24)(H,22,26)(H,23,25)(H,27,28). The lowest BCUT2D eigenvalue weighted by Gasteiger charge is -2.15. The largest absolute Gasteiger partial charge is 0.480 e. The lowest BCUT2D eigenvalue weighted by molar-refractivity contribution is -0.141. The van der Waals surface area contributed by atoms with Crippen LogP contribution in [0, 0.1) is 0 Å². The van der Waals surface area contributed by atoms with Crippen LogP contribution in [0.3, 0.4) is 0 Å². The van der Waals surface area contributed by atoms with Crippen LogP contribution in [-0.2, 0) is 25.6 Å². The maximum atomic E-state index is 12.0. The van der Waals surface area contributed by atoms with Gasteiger partial charge in [-0.15, -0.1) is 0 Å². The maximum absolute atomic E-state index is 12.0. The van der Waals surface area contributed by atoms with Gasteiger partial charge in [0.15, 0.2) is 0 Å². The van der Waals surface area contributed by atoms with Crippen molar-refractivity contribution in [3.05, 3.63) is 36.0 Å². The molecule has 0 aliphatic rings. The van der Waals surface area contributed by atoms with E-state index in [1.807, 2.05) is 24.3 Å². The molecule has 10 nitrogen and oxygen atoms in total. The van der Waals surface area contributed by atoms with Crippen molar-refractivity contribution >= 4 is 34.6 Å². The molecule has 0 radical (unpaired) electrons. The third kappa shape index (κ3) is 5.81. The maximum Gasteiger partial charge on any atom is 0.326 e. The topological polar surface area (TPSA) is 180 Å². The number of rotatable bonds is 10. The highest BCUT2D eigenvalue weighted by Crippen LogP contribution is 2.19. The van der Waals surface area contributed by atoms with Gasteiger partial charge < -0.3 is 32.2 Å². The van der Waals surface area contributed by atoms with E-state index in [2.05, 4.69) is 15.6 Å². The predicted octanol–water partition coefficient (Wildman–Crippen LogP) is -1.01. The number of hydrogen-bond acceptors (Lipinski definition) is 5. The SMILES string of the molecule is NC(=O)CCC(N)C(=O)NCC(=O)NC(Cc1c[nH]c2ccccc12)C(=O)O. The van der Waals surface area contributed by atoms with Gasteiger partial charge in [-0.3, -0.25) is 14.4 Å². The molecule has 1 aromatic carbocycles. The van der Waals surface area contributed by atoms with E-state index in [-0.39, 0.29) is 19.3 Å². The molecule has 2 rings (SSSR count). The van der Waals surface area contributed by atoms with Crippen molar-refractivity contribution in [2.24, 2.45) is 11.5 Å². The summed E-state index contributed by atoms with van der Waals surface area (Å²) >= 11 is 0. The average Bonchev–Trinajstić information content (AvgIpc) is 3.06. The Morgan fingerprint density at radius 1 is 1.18 bits per heavy atom. The first-order chi connectivity index (χ1) is 13.3. The summed E-state index contributed by atoms with van der Waals surface area (Å²) in [4.78, 5) is 49.1. The Balaban J connectivity index is 1.89. The number of H-pyrrole nitrogens is 1. The number of primary amides is 1. The Kier molecular flexibility index (Phi) is 7.10. The first-order valence-electron chi connectivity index (χ1n) is 8.66. The second-order valence-corrected chi connectivity index (χ2v) is 6.35. The molecule has 2 aromatic rings. The Morgan fingerprint density at radius 2 is 1.89 bits per heavy atom. The second-order valence-electron chi connectivity index (χ2n) is 6.35. The van der Waals surface area contributed by atoms with Gasteiger partial charge in [0.25, 0.3) is 0 Å².